The molecule has 0 radical (unpaired) electrons. The summed E-state index contributed by atoms with van der Waals surface area (Å²) < 4.78 is 41.3. The van der Waals surface area contributed by atoms with Gasteiger partial charge in [-0.1, -0.05) is 0 Å². The van der Waals surface area contributed by atoms with E-state index in [-0.39, 0.29) is 17.7 Å². The third-order valence-electron chi connectivity index (χ3n) is 3.32. The Morgan fingerprint density at radius 1 is 1.10 bits per heavy atom. The highest BCUT2D eigenvalue weighted by Gasteiger charge is 2.31. The molecule has 6 heteroatoms. The average Bonchev–Trinajstić information content (AvgIpc) is 2.31. The van der Waals surface area contributed by atoms with Crippen molar-refractivity contribution in [2.24, 2.45) is 0 Å². The molecule has 1 fully saturated rings. The van der Waals surface area contributed by atoms with Gasteiger partial charge in [0.25, 0.3) is 0 Å². The molecule has 0 heterocycles. The fourth-order valence-corrected chi connectivity index (χ4v) is 2.41. The van der Waals surface area contributed by atoms with Crippen molar-refractivity contribution in [1.82, 2.24) is 10.6 Å². The van der Waals surface area contributed by atoms with Crippen LogP contribution in [0.2, 0.25) is 0 Å². The number of halogens is 3. The van der Waals surface area contributed by atoms with Crippen molar-refractivity contribution in [3.63, 3.8) is 0 Å². The van der Waals surface area contributed by atoms with Crippen LogP contribution in [0.3, 0.4) is 0 Å². The van der Waals surface area contributed by atoms with Crippen LogP contribution in [0.4, 0.5) is 13.2 Å². The molecular weight excluding hydrogens is 269 g/mol. The van der Waals surface area contributed by atoms with Crippen LogP contribution in [-0.4, -0.2) is 43.6 Å². The van der Waals surface area contributed by atoms with E-state index < -0.39 is 12.8 Å². The molecule has 20 heavy (non-hydrogen) atoms. The molecule has 3 nitrogen and oxygen atoms in total. The minimum absolute atomic E-state index is 0.0899. The highest BCUT2D eigenvalue weighted by atomic mass is 19.4. The van der Waals surface area contributed by atoms with Gasteiger partial charge in [-0.2, -0.15) is 13.2 Å². The molecule has 120 valence electrons. The van der Waals surface area contributed by atoms with Gasteiger partial charge < -0.3 is 15.4 Å². The molecule has 0 bridgehead atoms. The Kier molecular flexibility index (Phi) is 6.75. The molecule has 0 amide bonds. The molecule has 0 aromatic carbocycles. The zero-order valence-corrected chi connectivity index (χ0v) is 12.6. The molecule has 1 aliphatic carbocycles. The highest BCUT2D eigenvalue weighted by Crippen LogP contribution is 2.24. The third-order valence-corrected chi connectivity index (χ3v) is 3.32. The second-order valence-corrected chi connectivity index (χ2v) is 6.54. The molecule has 0 saturated heterocycles. The number of ether oxygens (including phenoxy) is 1. The first-order chi connectivity index (χ1) is 9.16. The summed E-state index contributed by atoms with van der Waals surface area (Å²) in [6.45, 7) is 6.87. The van der Waals surface area contributed by atoms with Gasteiger partial charge in [-0.3, -0.25) is 0 Å². The smallest absolute Gasteiger partial charge is 0.369 e. The Bertz CT molecular complexity index is 277. The second-order valence-electron chi connectivity index (χ2n) is 6.54. The third kappa shape index (κ3) is 8.76. The summed E-state index contributed by atoms with van der Waals surface area (Å²) in [6.07, 6.45) is -1.15. The molecule has 0 aliphatic heterocycles. The van der Waals surface area contributed by atoms with E-state index in [1.165, 1.54) is 0 Å². The van der Waals surface area contributed by atoms with Crippen molar-refractivity contribution in [2.75, 3.05) is 19.7 Å². The van der Waals surface area contributed by atoms with E-state index >= 15 is 0 Å². The molecule has 0 aromatic rings. The van der Waals surface area contributed by atoms with E-state index in [9.17, 15) is 13.2 Å². The van der Waals surface area contributed by atoms with Crippen LogP contribution in [0.1, 0.15) is 46.5 Å². The van der Waals surface area contributed by atoms with Crippen LogP contribution < -0.4 is 10.6 Å². The lowest BCUT2D eigenvalue weighted by atomic mass is 9.93. The normalized spacial score (nSPS) is 24.9. The van der Waals surface area contributed by atoms with Crippen molar-refractivity contribution in [2.45, 2.75) is 70.3 Å². The van der Waals surface area contributed by atoms with E-state index in [0.29, 0.717) is 6.42 Å². The number of nitrogens with one attached hydrogen (secondary N) is 2. The first-order valence-electron chi connectivity index (χ1n) is 7.32. The van der Waals surface area contributed by atoms with Crippen molar-refractivity contribution in [1.29, 1.82) is 0 Å². The number of hydrogen-bond donors (Lipinski definition) is 2. The quantitative estimate of drug-likeness (QED) is 0.740. The van der Waals surface area contributed by atoms with Gasteiger partial charge in [-0.05, 0) is 46.5 Å². The lowest BCUT2D eigenvalue weighted by Crippen LogP contribution is -2.44. The van der Waals surface area contributed by atoms with Gasteiger partial charge >= 0.3 is 6.18 Å². The van der Waals surface area contributed by atoms with Gasteiger partial charge in [-0.15, -0.1) is 0 Å². The van der Waals surface area contributed by atoms with Crippen LogP contribution in [0.5, 0.6) is 0 Å². The minimum atomic E-state index is -4.23. The zero-order chi connectivity index (χ0) is 15.2. The molecule has 0 aromatic heterocycles. The molecule has 2 N–H and O–H groups in total. The van der Waals surface area contributed by atoms with Crippen LogP contribution >= 0.6 is 0 Å². The van der Waals surface area contributed by atoms with Gasteiger partial charge in [0.15, 0.2) is 0 Å². The maximum atomic E-state index is 12.1. The summed E-state index contributed by atoms with van der Waals surface area (Å²) in [4.78, 5) is 0. The van der Waals surface area contributed by atoms with Crippen molar-refractivity contribution in [3.05, 3.63) is 0 Å². The van der Waals surface area contributed by atoms with E-state index in [1.54, 1.807) is 0 Å². The van der Waals surface area contributed by atoms with Crippen LogP contribution in [-0.2, 0) is 4.74 Å². The predicted molar refractivity (Wildman–Crippen MR) is 73.8 cm³/mol. The molecule has 2 atom stereocenters. The van der Waals surface area contributed by atoms with Gasteiger partial charge in [0.05, 0.1) is 6.10 Å². The standard InChI is InChI=1S/C14H27F3N2O/c1-13(2,3)19-8-7-18-11-5-4-6-12(9-11)20-10-14(15,16)17/h11-12,18-19H,4-10H2,1-3H3. The number of alkyl halides is 3. The summed E-state index contributed by atoms with van der Waals surface area (Å²) in [6, 6.07) is 0.267. The Labute approximate surface area is 119 Å². The first kappa shape index (κ1) is 17.7. The monoisotopic (exact) mass is 296 g/mol. The summed E-state index contributed by atoms with van der Waals surface area (Å²) in [5.74, 6) is 0. The van der Waals surface area contributed by atoms with Gasteiger partial charge in [0.2, 0.25) is 0 Å². The molecule has 2 unspecified atom stereocenters. The van der Waals surface area contributed by atoms with Crippen molar-refractivity contribution < 1.29 is 17.9 Å². The number of hydrogen-bond acceptors (Lipinski definition) is 3. The highest BCUT2D eigenvalue weighted by molar-refractivity contribution is 4.79. The largest absolute Gasteiger partial charge is 0.411 e. The molecule has 0 spiro atoms. The Morgan fingerprint density at radius 2 is 1.80 bits per heavy atom. The van der Waals surface area contributed by atoms with Crippen LogP contribution in [0.15, 0.2) is 0 Å². The maximum Gasteiger partial charge on any atom is 0.411 e. The van der Waals surface area contributed by atoms with Crippen LogP contribution in [0.25, 0.3) is 0 Å². The summed E-state index contributed by atoms with van der Waals surface area (Å²) in [5, 5.41) is 6.77. The Morgan fingerprint density at radius 3 is 2.40 bits per heavy atom. The number of rotatable bonds is 6. The summed E-state index contributed by atoms with van der Waals surface area (Å²) in [5.41, 5.74) is 0.0899. The van der Waals surface area contributed by atoms with E-state index in [0.717, 1.165) is 32.4 Å². The lowest BCUT2D eigenvalue weighted by molar-refractivity contribution is -0.188. The van der Waals surface area contributed by atoms with E-state index in [2.05, 4.69) is 31.4 Å². The van der Waals surface area contributed by atoms with Crippen molar-refractivity contribution in [3.8, 4) is 0 Å². The fourth-order valence-electron chi connectivity index (χ4n) is 2.41. The van der Waals surface area contributed by atoms with E-state index in [4.69, 9.17) is 4.74 Å². The minimum Gasteiger partial charge on any atom is -0.369 e. The fraction of sp³-hybridized carbons (Fsp3) is 1.00. The zero-order valence-electron chi connectivity index (χ0n) is 12.6. The lowest BCUT2D eigenvalue weighted by Gasteiger charge is -2.30. The summed E-state index contributed by atoms with van der Waals surface area (Å²) in [7, 11) is 0. The first-order valence-corrected chi connectivity index (χ1v) is 7.32. The Hall–Kier alpha value is -0.330. The van der Waals surface area contributed by atoms with Gasteiger partial charge in [0, 0.05) is 24.7 Å². The van der Waals surface area contributed by atoms with Crippen molar-refractivity contribution >= 4 is 0 Å². The molecule has 1 rings (SSSR count). The van der Waals surface area contributed by atoms with Crippen LogP contribution in [0, 0.1) is 0 Å². The Balaban J connectivity index is 2.17. The van der Waals surface area contributed by atoms with Gasteiger partial charge in [0.1, 0.15) is 6.61 Å². The summed E-state index contributed by atoms with van der Waals surface area (Å²) >= 11 is 0. The van der Waals surface area contributed by atoms with E-state index in [1.807, 2.05) is 0 Å². The topological polar surface area (TPSA) is 33.3 Å². The SMILES string of the molecule is CC(C)(C)NCCNC1CCCC(OCC(F)(F)F)C1. The average molecular weight is 296 g/mol. The molecular formula is C14H27F3N2O. The molecule has 1 aliphatic rings. The predicted octanol–water partition coefficient (Wildman–Crippen LogP) is 2.85. The maximum absolute atomic E-state index is 12.1. The molecule has 1 saturated carbocycles. The van der Waals surface area contributed by atoms with Gasteiger partial charge in [-0.25, -0.2) is 0 Å². The second kappa shape index (κ2) is 7.61.